The van der Waals surface area contributed by atoms with Gasteiger partial charge in [0.25, 0.3) is 5.91 Å². The summed E-state index contributed by atoms with van der Waals surface area (Å²) in [5.74, 6) is 0.609. The maximum Gasteiger partial charge on any atom is 0.312 e. The Morgan fingerprint density at radius 3 is 2.88 bits per heavy atom. The highest BCUT2D eigenvalue weighted by Gasteiger charge is 2.24. The molecule has 1 aliphatic heterocycles. The monoisotopic (exact) mass is 352 g/mol. The van der Waals surface area contributed by atoms with Crippen LogP contribution in [0.1, 0.15) is 13.3 Å². The second kappa shape index (κ2) is 7.91. The number of primary amides is 1. The van der Waals surface area contributed by atoms with Gasteiger partial charge in [0.1, 0.15) is 11.8 Å². The van der Waals surface area contributed by atoms with Crippen molar-refractivity contribution in [3.8, 4) is 5.75 Å². The molecule has 1 aliphatic rings. The summed E-state index contributed by atoms with van der Waals surface area (Å²) in [6, 6.07) is 3.46. The molecule has 0 saturated heterocycles. The molecule has 0 spiro atoms. The molecule has 0 saturated carbocycles. The van der Waals surface area contributed by atoms with Gasteiger partial charge in [0.15, 0.2) is 6.10 Å². The van der Waals surface area contributed by atoms with Crippen molar-refractivity contribution >= 4 is 41.0 Å². The molecule has 8 nitrogen and oxygen atoms in total. The number of rotatable bonds is 6. The third kappa shape index (κ3) is 4.54. The number of thioether (sulfide) groups is 1. The average molecular weight is 352 g/mol. The van der Waals surface area contributed by atoms with Gasteiger partial charge >= 0.3 is 6.03 Å². The number of carbonyl (C=O) groups excluding carboxylic acids is 3. The van der Waals surface area contributed by atoms with Gasteiger partial charge < -0.3 is 26.4 Å². The predicted octanol–water partition coefficient (Wildman–Crippen LogP) is 1.13. The Bertz CT molecular complexity index is 652. The van der Waals surface area contributed by atoms with Crippen LogP contribution in [-0.4, -0.2) is 42.0 Å². The molecule has 9 heteroatoms. The van der Waals surface area contributed by atoms with Crippen molar-refractivity contribution in [1.29, 1.82) is 0 Å². The molecule has 0 aromatic heterocycles. The van der Waals surface area contributed by atoms with E-state index in [9.17, 15) is 14.4 Å². The summed E-state index contributed by atoms with van der Waals surface area (Å²) >= 11 is 1.56. The van der Waals surface area contributed by atoms with E-state index in [-0.39, 0.29) is 11.8 Å². The molecule has 130 valence electrons. The van der Waals surface area contributed by atoms with Gasteiger partial charge in [-0.15, -0.1) is 0 Å². The number of hydrogen-bond acceptors (Lipinski definition) is 5. The van der Waals surface area contributed by atoms with E-state index in [2.05, 4.69) is 16.0 Å². The van der Waals surface area contributed by atoms with Gasteiger partial charge in [0.05, 0.1) is 5.69 Å². The summed E-state index contributed by atoms with van der Waals surface area (Å²) in [6.45, 7) is 1.65. The van der Waals surface area contributed by atoms with Gasteiger partial charge in [-0.1, -0.05) is 0 Å². The number of anilines is 2. The van der Waals surface area contributed by atoms with Crippen molar-refractivity contribution < 1.29 is 19.1 Å². The standard InChI is InChI=1S/C15H20N4O4S/c1-8-13(20)18-11-7-9(3-4-12(11)23-8)17-14(21)10(5-6-24-2)19-15(16)22/h3-4,7-8,10H,5-6H2,1-2H3,(H,17,21)(H,18,20)(H3,16,19,22)/t8-,10+/m0/s1. The molecule has 0 bridgehead atoms. The number of ether oxygens (including phenoxy) is 1. The number of benzene rings is 1. The SMILES string of the molecule is CSCC[C@@H](NC(N)=O)C(=O)Nc1ccc2c(c1)NC(=O)[C@H](C)O2. The quantitative estimate of drug-likeness (QED) is 0.611. The van der Waals surface area contributed by atoms with Gasteiger partial charge in [0.2, 0.25) is 5.91 Å². The number of hydrogen-bond donors (Lipinski definition) is 4. The number of carbonyl (C=O) groups is 3. The Labute approximate surface area is 143 Å². The van der Waals surface area contributed by atoms with Crippen LogP contribution >= 0.6 is 11.8 Å². The van der Waals surface area contributed by atoms with Crippen molar-refractivity contribution in [2.45, 2.75) is 25.5 Å². The van der Waals surface area contributed by atoms with Gasteiger partial charge in [-0.3, -0.25) is 9.59 Å². The Hall–Kier alpha value is -2.42. The second-order valence-electron chi connectivity index (χ2n) is 5.29. The van der Waals surface area contributed by atoms with Crippen molar-refractivity contribution in [2.75, 3.05) is 22.6 Å². The van der Waals surface area contributed by atoms with Crippen molar-refractivity contribution in [3.05, 3.63) is 18.2 Å². The molecule has 5 N–H and O–H groups in total. The van der Waals surface area contributed by atoms with Crippen LogP contribution in [0.15, 0.2) is 18.2 Å². The number of nitrogens with two attached hydrogens (primary N) is 1. The Kier molecular flexibility index (Phi) is 5.91. The zero-order chi connectivity index (χ0) is 17.7. The summed E-state index contributed by atoms with van der Waals surface area (Å²) in [5, 5.41) is 7.85. The Morgan fingerprint density at radius 1 is 1.46 bits per heavy atom. The first kappa shape index (κ1) is 17.9. The highest BCUT2D eigenvalue weighted by Crippen LogP contribution is 2.32. The zero-order valence-corrected chi connectivity index (χ0v) is 14.2. The summed E-state index contributed by atoms with van der Waals surface area (Å²) in [7, 11) is 0. The van der Waals surface area contributed by atoms with Gasteiger partial charge in [-0.05, 0) is 43.6 Å². The topological polar surface area (TPSA) is 123 Å². The van der Waals surface area contributed by atoms with Crippen molar-refractivity contribution in [2.24, 2.45) is 5.73 Å². The smallest absolute Gasteiger partial charge is 0.312 e. The lowest BCUT2D eigenvalue weighted by atomic mass is 10.1. The minimum atomic E-state index is -0.753. The second-order valence-corrected chi connectivity index (χ2v) is 6.28. The maximum atomic E-state index is 12.3. The number of fused-ring (bicyclic) bond motifs is 1. The largest absolute Gasteiger partial charge is 0.479 e. The molecule has 0 unspecified atom stereocenters. The molecule has 0 fully saturated rings. The van der Waals surface area contributed by atoms with Crippen LogP contribution in [0.3, 0.4) is 0 Å². The zero-order valence-electron chi connectivity index (χ0n) is 13.4. The van der Waals surface area contributed by atoms with Crippen molar-refractivity contribution in [1.82, 2.24) is 5.32 Å². The molecule has 0 radical (unpaired) electrons. The Balaban J connectivity index is 2.08. The van der Waals surface area contributed by atoms with E-state index in [4.69, 9.17) is 10.5 Å². The normalized spacial score (nSPS) is 17.1. The van der Waals surface area contributed by atoms with Crippen LogP contribution in [0.25, 0.3) is 0 Å². The molecule has 1 aromatic carbocycles. The first-order valence-corrected chi connectivity index (χ1v) is 8.77. The van der Waals surface area contributed by atoms with E-state index in [1.54, 1.807) is 36.9 Å². The van der Waals surface area contributed by atoms with E-state index in [0.717, 1.165) is 0 Å². The highest BCUT2D eigenvalue weighted by molar-refractivity contribution is 7.98. The number of amides is 4. The summed E-state index contributed by atoms with van der Waals surface area (Å²) < 4.78 is 5.46. The number of urea groups is 1. The lowest BCUT2D eigenvalue weighted by molar-refractivity contribution is -0.122. The molecule has 1 aromatic rings. The van der Waals surface area contributed by atoms with Crippen LogP contribution in [0.4, 0.5) is 16.2 Å². The van der Waals surface area contributed by atoms with E-state index in [0.29, 0.717) is 29.3 Å². The Morgan fingerprint density at radius 2 is 2.21 bits per heavy atom. The third-order valence-electron chi connectivity index (χ3n) is 3.42. The van der Waals surface area contributed by atoms with Crippen LogP contribution in [0, 0.1) is 0 Å². The van der Waals surface area contributed by atoms with Crippen molar-refractivity contribution in [3.63, 3.8) is 0 Å². The van der Waals surface area contributed by atoms with Crippen LogP contribution in [-0.2, 0) is 9.59 Å². The highest BCUT2D eigenvalue weighted by atomic mass is 32.2. The fraction of sp³-hybridized carbons (Fsp3) is 0.400. The minimum Gasteiger partial charge on any atom is -0.479 e. The summed E-state index contributed by atoms with van der Waals surface area (Å²) in [6.07, 6.45) is 1.80. The van der Waals surface area contributed by atoms with Crippen LogP contribution in [0.5, 0.6) is 5.75 Å². The van der Waals surface area contributed by atoms with Gasteiger partial charge in [-0.25, -0.2) is 4.79 Å². The third-order valence-corrected chi connectivity index (χ3v) is 4.07. The van der Waals surface area contributed by atoms with E-state index >= 15 is 0 Å². The summed E-state index contributed by atoms with van der Waals surface area (Å²) in [4.78, 5) is 35.0. The van der Waals surface area contributed by atoms with Crippen LogP contribution < -0.4 is 26.4 Å². The fourth-order valence-corrected chi connectivity index (χ4v) is 2.66. The first-order chi connectivity index (χ1) is 11.4. The molecule has 2 rings (SSSR count). The van der Waals surface area contributed by atoms with E-state index in [1.165, 1.54) is 0 Å². The first-order valence-electron chi connectivity index (χ1n) is 7.38. The fourth-order valence-electron chi connectivity index (χ4n) is 2.19. The molecule has 2 atom stereocenters. The molecular formula is C15H20N4O4S. The van der Waals surface area contributed by atoms with Crippen LogP contribution in [0.2, 0.25) is 0 Å². The molecular weight excluding hydrogens is 332 g/mol. The number of nitrogens with one attached hydrogen (secondary N) is 3. The molecule has 24 heavy (non-hydrogen) atoms. The average Bonchev–Trinajstić information content (AvgIpc) is 2.52. The molecule has 0 aliphatic carbocycles. The van der Waals surface area contributed by atoms with E-state index in [1.807, 2.05) is 6.26 Å². The lowest BCUT2D eigenvalue weighted by Crippen LogP contribution is -2.46. The predicted molar refractivity (Wildman–Crippen MR) is 93.3 cm³/mol. The van der Waals surface area contributed by atoms with Gasteiger partial charge in [-0.2, -0.15) is 11.8 Å². The lowest BCUT2D eigenvalue weighted by Gasteiger charge is -2.24. The maximum absolute atomic E-state index is 12.3. The summed E-state index contributed by atoms with van der Waals surface area (Å²) in [5.41, 5.74) is 6.08. The van der Waals surface area contributed by atoms with Gasteiger partial charge in [0, 0.05) is 5.69 Å². The molecule has 1 heterocycles. The molecule has 4 amide bonds. The van der Waals surface area contributed by atoms with E-state index < -0.39 is 18.2 Å². The minimum absolute atomic E-state index is 0.251.